The molecule has 90 valence electrons. The molecule has 1 atom stereocenters. The molecule has 2 rings (SSSR count). The number of likely N-dealkylation sites (N-methyl/N-ethyl adjacent to an activating group) is 1. The van der Waals surface area contributed by atoms with Crippen LogP contribution in [0.15, 0.2) is 18.5 Å². The van der Waals surface area contributed by atoms with Crippen LogP contribution in [-0.4, -0.2) is 41.3 Å². The third kappa shape index (κ3) is 2.39. The summed E-state index contributed by atoms with van der Waals surface area (Å²) in [7, 11) is 1.72. The zero-order valence-electron chi connectivity index (χ0n) is 9.31. The second-order valence-electron chi connectivity index (χ2n) is 3.93. The van der Waals surface area contributed by atoms with Crippen molar-refractivity contribution in [2.24, 2.45) is 0 Å². The Labute approximate surface area is 104 Å². The number of nitrogens with zero attached hydrogens (tertiary/aromatic N) is 2. The van der Waals surface area contributed by atoms with Crippen molar-refractivity contribution in [1.82, 2.24) is 15.2 Å². The summed E-state index contributed by atoms with van der Waals surface area (Å²) in [5, 5.41) is 2.96. The lowest BCUT2D eigenvalue weighted by Crippen LogP contribution is -2.40. The van der Waals surface area contributed by atoms with Crippen molar-refractivity contribution >= 4 is 23.4 Å². The molecule has 1 saturated heterocycles. The number of rotatable bonds is 2. The van der Waals surface area contributed by atoms with Gasteiger partial charge in [0.1, 0.15) is 6.04 Å². The summed E-state index contributed by atoms with van der Waals surface area (Å²) in [6, 6.07) is 1.08. The van der Waals surface area contributed by atoms with Gasteiger partial charge in [0.2, 0.25) is 5.91 Å². The first kappa shape index (κ1) is 11.9. The van der Waals surface area contributed by atoms with E-state index in [4.69, 9.17) is 11.6 Å². The molecule has 2 amide bonds. The highest BCUT2D eigenvalue weighted by atomic mass is 35.5. The number of nitrogens with one attached hydrogen (secondary N) is 1. The van der Waals surface area contributed by atoms with Crippen LogP contribution in [0, 0.1) is 0 Å². The van der Waals surface area contributed by atoms with Crippen molar-refractivity contribution in [3.8, 4) is 0 Å². The van der Waals surface area contributed by atoms with Gasteiger partial charge in [-0.15, -0.1) is 0 Å². The largest absolute Gasteiger partial charge is 0.344 e. The van der Waals surface area contributed by atoms with Gasteiger partial charge in [0, 0.05) is 26.0 Å². The highest BCUT2D eigenvalue weighted by molar-refractivity contribution is 6.33. The maximum atomic E-state index is 11.9. The van der Waals surface area contributed by atoms with E-state index in [2.05, 4.69) is 10.3 Å². The quantitative estimate of drug-likeness (QED) is 0.844. The van der Waals surface area contributed by atoms with E-state index in [1.165, 1.54) is 18.5 Å². The number of amides is 2. The Hall–Kier alpha value is -1.62. The van der Waals surface area contributed by atoms with Crippen molar-refractivity contribution in [2.45, 2.75) is 12.5 Å². The molecule has 0 radical (unpaired) electrons. The summed E-state index contributed by atoms with van der Waals surface area (Å²) in [6.45, 7) is 0.661. The highest BCUT2D eigenvalue weighted by Gasteiger charge is 2.30. The van der Waals surface area contributed by atoms with Crippen LogP contribution in [-0.2, 0) is 4.79 Å². The summed E-state index contributed by atoms with van der Waals surface area (Å²) in [5.74, 6) is -0.408. The van der Waals surface area contributed by atoms with Gasteiger partial charge in [-0.05, 0) is 12.5 Å². The first-order chi connectivity index (χ1) is 8.09. The SMILES string of the molecule is CN1CC[C@@H](NC(=O)c2ccncc2Cl)C1=O. The molecule has 1 aromatic rings. The van der Waals surface area contributed by atoms with Gasteiger partial charge in [0.15, 0.2) is 0 Å². The average molecular weight is 254 g/mol. The molecule has 1 aromatic heterocycles. The molecule has 6 heteroatoms. The smallest absolute Gasteiger partial charge is 0.253 e. The Bertz CT molecular complexity index is 464. The summed E-state index contributed by atoms with van der Waals surface area (Å²) in [6.07, 6.45) is 3.52. The molecule has 17 heavy (non-hydrogen) atoms. The van der Waals surface area contributed by atoms with Crippen molar-refractivity contribution < 1.29 is 9.59 Å². The first-order valence-corrected chi connectivity index (χ1v) is 5.62. The van der Waals surface area contributed by atoms with Crippen LogP contribution in [0.5, 0.6) is 0 Å². The van der Waals surface area contributed by atoms with E-state index < -0.39 is 6.04 Å². The summed E-state index contributed by atoms with van der Waals surface area (Å²) in [4.78, 5) is 28.9. The molecule has 1 aliphatic heterocycles. The number of pyridine rings is 1. The second kappa shape index (κ2) is 4.71. The molecule has 0 aromatic carbocycles. The van der Waals surface area contributed by atoms with E-state index in [0.717, 1.165) is 0 Å². The van der Waals surface area contributed by atoms with Crippen LogP contribution < -0.4 is 5.32 Å². The molecule has 5 nitrogen and oxygen atoms in total. The minimum absolute atomic E-state index is 0.0662. The molecule has 1 N–H and O–H groups in total. The minimum Gasteiger partial charge on any atom is -0.344 e. The fourth-order valence-corrected chi connectivity index (χ4v) is 1.96. The molecule has 1 fully saturated rings. The van der Waals surface area contributed by atoms with E-state index >= 15 is 0 Å². The van der Waals surface area contributed by atoms with Gasteiger partial charge in [0.05, 0.1) is 10.6 Å². The molecule has 0 bridgehead atoms. The molecule has 0 unspecified atom stereocenters. The third-order valence-corrected chi connectivity index (χ3v) is 3.05. The normalized spacial score (nSPS) is 19.5. The van der Waals surface area contributed by atoms with Crippen LogP contribution in [0.1, 0.15) is 16.8 Å². The lowest BCUT2D eigenvalue weighted by molar-refractivity contribution is -0.128. The number of hydrogen-bond donors (Lipinski definition) is 1. The van der Waals surface area contributed by atoms with E-state index in [1.807, 2.05) is 0 Å². The minimum atomic E-state index is -0.447. The molecule has 0 spiro atoms. The molecular formula is C11H12ClN3O2. The fourth-order valence-electron chi connectivity index (χ4n) is 1.75. The lowest BCUT2D eigenvalue weighted by Gasteiger charge is -2.12. The Morgan fingerprint density at radius 3 is 3.00 bits per heavy atom. The van der Waals surface area contributed by atoms with Gasteiger partial charge >= 0.3 is 0 Å². The van der Waals surface area contributed by atoms with Gasteiger partial charge in [-0.2, -0.15) is 0 Å². The van der Waals surface area contributed by atoms with Crippen LogP contribution >= 0.6 is 11.6 Å². The van der Waals surface area contributed by atoms with Crippen molar-refractivity contribution in [3.05, 3.63) is 29.0 Å². The van der Waals surface area contributed by atoms with Gasteiger partial charge < -0.3 is 10.2 Å². The summed E-state index contributed by atoms with van der Waals surface area (Å²) in [5.41, 5.74) is 0.337. The van der Waals surface area contributed by atoms with Gasteiger partial charge in [-0.1, -0.05) is 11.6 Å². The number of aromatic nitrogens is 1. The van der Waals surface area contributed by atoms with Crippen molar-refractivity contribution in [1.29, 1.82) is 0 Å². The Morgan fingerprint density at radius 1 is 1.65 bits per heavy atom. The van der Waals surface area contributed by atoms with Crippen LogP contribution in [0.2, 0.25) is 5.02 Å². The van der Waals surface area contributed by atoms with E-state index in [1.54, 1.807) is 11.9 Å². The third-order valence-electron chi connectivity index (χ3n) is 2.75. The predicted molar refractivity (Wildman–Crippen MR) is 62.8 cm³/mol. The standard InChI is InChI=1S/C11H12ClN3O2/c1-15-5-3-9(11(15)17)14-10(16)7-2-4-13-6-8(7)12/h2,4,6,9H,3,5H2,1H3,(H,14,16)/t9-/m1/s1. The van der Waals surface area contributed by atoms with Crippen LogP contribution in [0.25, 0.3) is 0 Å². The maximum absolute atomic E-state index is 11.9. The van der Waals surface area contributed by atoms with Crippen LogP contribution in [0.3, 0.4) is 0 Å². The average Bonchev–Trinajstić information content (AvgIpc) is 2.61. The highest BCUT2D eigenvalue weighted by Crippen LogP contribution is 2.15. The number of carbonyl (C=O) groups excluding carboxylic acids is 2. The number of halogens is 1. The Morgan fingerprint density at radius 2 is 2.41 bits per heavy atom. The molecule has 2 heterocycles. The summed E-state index contributed by atoms with van der Waals surface area (Å²) < 4.78 is 0. The van der Waals surface area contributed by atoms with E-state index in [0.29, 0.717) is 18.5 Å². The molecular weight excluding hydrogens is 242 g/mol. The monoisotopic (exact) mass is 253 g/mol. The van der Waals surface area contributed by atoms with Crippen molar-refractivity contribution in [2.75, 3.05) is 13.6 Å². The first-order valence-electron chi connectivity index (χ1n) is 5.25. The number of carbonyl (C=O) groups is 2. The zero-order chi connectivity index (χ0) is 12.4. The fraction of sp³-hybridized carbons (Fsp3) is 0.364. The van der Waals surface area contributed by atoms with Gasteiger partial charge in [-0.25, -0.2) is 0 Å². The Balaban J connectivity index is 2.08. The summed E-state index contributed by atoms with van der Waals surface area (Å²) >= 11 is 5.85. The van der Waals surface area contributed by atoms with E-state index in [9.17, 15) is 9.59 Å². The number of likely N-dealkylation sites (tertiary alicyclic amines) is 1. The molecule has 0 aliphatic carbocycles. The van der Waals surface area contributed by atoms with Gasteiger partial charge in [0.25, 0.3) is 5.91 Å². The maximum Gasteiger partial charge on any atom is 0.253 e. The zero-order valence-corrected chi connectivity index (χ0v) is 10.1. The topological polar surface area (TPSA) is 62.3 Å². The lowest BCUT2D eigenvalue weighted by atomic mass is 10.2. The van der Waals surface area contributed by atoms with E-state index in [-0.39, 0.29) is 16.8 Å². The second-order valence-corrected chi connectivity index (χ2v) is 4.34. The Kier molecular flexibility index (Phi) is 3.28. The van der Waals surface area contributed by atoms with Crippen LogP contribution in [0.4, 0.5) is 0 Å². The van der Waals surface area contributed by atoms with Gasteiger partial charge in [-0.3, -0.25) is 14.6 Å². The predicted octanol–water partition coefficient (Wildman–Crippen LogP) is 0.695. The number of hydrogen-bond acceptors (Lipinski definition) is 3. The van der Waals surface area contributed by atoms with Crippen molar-refractivity contribution in [3.63, 3.8) is 0 Å². The molecule has 0 saturated carbocycles. The molecule has 1 aliphatic rings.